The van der Waals surface area contributed by atoms with Crippen LogP contribution in [0.1, 0.15) is 44.9 Å². The van der Waals surface area contributed by atoms with Gasteiger partial charge in [0.1, 0.15) is 12.2 Å². The molecule has 0 bridgehead atoms. The fourth-order valence-corrected chi connectivity index (χ4v) is 3.54. The van der Waals surface area contributed by atoms with Crippen molar-refractivity contribution in [3.8, 4) is 0 Å². The van der Waals surface area contributed by atoms with Crippen LogP contribution in [0.4, 0.5) is 0 Å². The third-order valence-electron chi connectivity index (χ3n) is 4.85. The van der Waals surface area contributed by atoms with Gasteiger partial charge in [-0.15, -0.1) is 0 Å². The lowest BCUT2D eigenvalue weighted by molar-refractivity contribution is -0.153. The zero-order chi connectivity index (χ0) is 14.9. The minimum Gasteiger partial charge on any atom is -0.481 e. The molecule has 1 N–H and O–H groups in total. The van der Waals surface area contributed by atoms with Crippen LogP contribution >= 0.6 is 0 Å². The molecule has 116 valence electrons. The molecule has 1 aromatic heterocycles. The molecule has 2 fully saturated rings. The van der Waals surface area contributed by atoms with E-state index in [0.29, 0.717) is 19.0 Å². The zero-order valence-electron chi connectivity index (χ0n) is 12.7. The highest BCUT2D eigenvalue weighted by Crippen LogP contribution is 2.45. The number of hydrogen-bond acceptors (Lipinski definition) is 4. The van der Waals surface area contributed by atoms with Crippen molar-refractivity contribution in [3.05, 3.63) is 12.2 Å². The number of rotatable bonds is 6. The summed E-state index contributed by atoms with van der Waals surface area (Å²) in [6, 6.07) is 0. The molecule has 6 nitrogen and oxygen atoms in total. The number of carboxylic acids is 1. The van der Waals surface area contributed by atoms with Gasteiger partial charge in [-0.2, -0.15) is 5.10 Å². The number of piperidine rings is 1. The van der Waals surface area contributed by atoms with Crippen molar-refractivity contribution in [1.82, 2.24) is 19.7 Å². The zero-order valence-corrected chi connectivity index (χ0v) is 12.7. The highest BCUT2D eigenvalue weighted by atomic mass is 16.4. The van der Waals surface area contributed by atoms with Crippen LogP contribution in [-0.4, -0.2) is 43.8 Å². The van der Waals surface area contributed by atoms with Crippen LogP contribution in [0.25, 0.3) is 0 Å². The number of nitrogens with zero attached hydrogens (tertiary/aromatic N) is 4. The van der Waals surface area contributed by atoms with Gasteiger partial charge in [0.2, 0.25) is 0 Å². The van der Waals surface area contributed by atoms with Gasteiger partial charge in [0, 0.05) is 13.1 Å². The first kappa shape index (κ1) is 14.5. The maximum absolute atomic E-state index is 11.9. The Morgan fingerprint density at radius 3 is 3.00 bits per heavy atom. The largest absolute Gasteiger partial charge is 0.481 e. The van der Waals surface area contributed by atoms with E-state index in [4.69, 9.17) is 0 Å². The fraction of sp³-hybridized carbons (Fsp3) is 0.800. The molecule has 0 spiro atoms. The SMILES string of the molecule is CCn1ncnc1CN1CCCC(CC2CC2)(C(=O)O)C1. The molecule has 1 atom stereocenters. The Kier molecular flexibility index (Phi) is 3.97. The molecule has 1 unspecified atom stereocenters. The standard InChI is InChI=1S/C15H24N4O2/c1-2-19-13(16-11-17-19)9-18-7-3-6-15(10-18,14(20)21)8-12-4-5-12/h11-12H,2-10H2,1H3,(H,20,21). The van der Waals surface area contributed by atoms with Gasteiger partial charge < -0.3 is 5.11 Å². The molecule has 1 aliphatic carbocycles. The van der Waals surface area contributed by atoms with Gasteiger partial charge in [0.15, 0.2) is 0 Å². The summed E-state index contributed by atoms with van der Waals surface area (Å²) in [7, 11) is 0. The van der Waals surface area contributed by atoms with E-state index in [-0.39, 0.29) is 0 Å². The van der Waals surface area contributed by atoms with Crippen LogP contribution in [0.5, 0.6) is 0 Å². The molecular weight excluding hydrogens is 268 g/mol. The summed E-state index contributed by atoms with van der Waals surface area (Å²) >= 11 is 0. The monoisotopic (exact) mass is 292 g/mol. The fourth-order valence-electron chi connectivity index (χ4n) is 3.54. The molecule has 21 heavy (non-hydrogen) atoms. The maximum atomic E-state index is 11.9. The summed E-state index contributed by atoms with van der Waals surface area (Å²) in [6.07, 6.45) is 6.62. The summed E-state index contributed by atoms with van der Waals surface area (Å²) in [4.78, 5) is 18.4. The van der Waals surface area contributed by atoms with Crippen molar-refractivity contribution in [2.45, 2.75) is 52.1 Å². The predicted molar refractivity (Wildman–Crippen MR) is 77.6 cm³/mol. The normalized spacial score (nSPS) is 26.9. The Morgan fingerprint density at radius 1 is 1.52 bits per heavy atom. The van der Waals surface area contributed by atoms with E-state index in [1.54, 1.807) is 6.33 Å². The molecule has 0 amide bonds. The van der Waals surface area contributed by atoms with Gasteiger partial charge in [-0.25, -0.2) is 9.67 Å². The lowest BCUT2D eigenvalue weighted by Gasteiger charge is -2.40. The van der Waals surface area contributed by atoms with Crippen molar-refractivity contribution < 1.29 is 9.90 Å². The van der Waals surface area contributed by atoms with Crippen molar-refractivity contribution in [2.24, 2.45) is 11.3 Å². The first-order valence-electron chi connectivity index (χ1n) is 7.95. The van der Waals surface area contributed by atoms with Crippen molar-refractivity contribution >= 4 is 5.97 Å². The Balaban J connectivity index is 1.70. The number of aliphatic carboxylic acids is 1. The highest BCUT2D eigenvalue weighted by molar-refractivity contribution is 5.75. The van der Waals surface area contributed by atoms with E-state index in [2.05, 4.69) is 15.0 Å². The molecule has 6 heteroatoms. The third-order valence-corrected chi connectivity index (χ3v) is 4.85. The van der Waals surface area contributed by atoms with Gasteiger partial charge in [0.25, 0.3) is 0 Å². The molecule has 2 heterocycles. The van der Waals surface area contributed by atoms with Crippen LogP contribution < -0.4 is 0 Å². The molecule has 1 saturated carbocycles. The molecule has 1 aromatic rings. The molecule has 3 rings (SSSR count). The van der Waals surface area contributed by atoms with Crippen LogP contribution in [0.2, 0.25) is 0 Å². The second kappa shape index (κ2) is 5.75. The average molecular weight is 292 g/mol. The predicted octanol–water partition coefficient (Wildman–Crippen LogP) is 1.76. The lowest BCUT2D eigenvalue weighted by atomic mass is 9.75. The average Bonchev–Trinajstić information content (AvgIpc) is 3.15. The number of carbonyl (C=O) groups is 1. The Morgan fingerprint density at radius 2 is 2.33 bits per heavy atom. The van der Waals surface area contributed by atoms with Crippen molar-refractivity contribution in [2.75, 3.05) is 13.1 Å². The summed E-state index contributed by atoms with van der Waals surface area (Å²) in [6.45, 7) is 5.15. The van der Waals surface area contributed by atoms with Crippen LogP contribution in [0.3, 0.4) is 0 Å². The molecule has 0 aromatic carbocycles. The minimum atomic E-state index is -0.615. The first-order valence-corrected chi connectivity index (χ1v) is 7.95. The second-order valence-corrected chi connectivity index (χ2v) is 6.54. The van der Waals surface area contributed by atoms with Crippen molar-refractivity contribution in [3.63, 3.8) is 0 Å². The Labute approximate surface area is 125 Å². The van der Waals surface area contributed by atoms with Crippen molar-refractivity contribution in [1.29, 1.82) is 0 Å². The summed E-state index contributed by atoms with van der Waals surface area (Å²) in [5.41, 5.74) is -0.545. The third kappa shape index (κ3) is 3.10. The number of carboxylic acid groups (broad SMARTS) is 1. The maximum Gasteiger partial charge on any atom is 0.310 e. The van der Waals surface area contributed by atoms with E-state index < -0.39 is 11.4 Å². The van der Waals surface area contributed by atoms with Crippen LogP contribution in [0.15, 0.2) is 6.33 Å². The first-order chi connectivity index (χ1) is 10.1. The van der Waals surface area contributed by atoms with Gasteiger partial charge in [-0.3, -0.25) is 9.69 Å². The summed E-state index contributed by atoms with van der Waals surface area (Å²) < 4.78 is 1.89. The summed E-state index contributed by atoms with van der Waals surface area (Å²) in [5.74, 6) is 0.960. The quantitative estimate of drug-likeness (QED) is 0.865. The number of aromatic nitrogens is 3. The van der Waals surface area contributed by atoms with E-state index in [1.807, 2.05) is 11.6 Å². The summed E-state index contributed by atoms with van der Waals surface area (Å²) in [5, 5.41) is 13.9. The Bertz CT molecular complexity index is 512. The van der Waals surface area contributed by atoms with Gasteiger partial charge in [-0.1, -0.05) is 12.8 Å². The van der Waals surface area contributed by atoms with Crippen LogP contribution in [0, 0.1) is 11.3 Å². The minimum absolute atomic E-state index is 0.545. The van der Waals surface area contributed by atoms with E-state index >= 15 is 0 Å². The van der Waals surface area contributed by atoms with E-state index in [9.17, 15) is 9.90 Å². The topological polar surface area (TPSA) is 71.2 Å². The van der Waals surface area contributed by atoms with Gasteiger partial charge in [0.05, 0.1) is 12.0 Å². The van der Waals surface area contributed by atoms with E-state index in [0.717, 1.165) is 38.2 Å². The molecule has 2 aliphatic rings. The van der Waals surface area contributed by atoms with E-state index in [1.165, 1.54) is 12.8 Å². The molecule has 1 saturated heterocycles. The van der Waals surface area contributed by atoms with Crippen LogP contribution in [-0.2, 0) is 17.9 Å². The number of hydrogen-bond donors (Lipinski definition) is 1. The van der Waals surface area contributed by atoms with Gasteiger partial charge in [-0.05, 0) is 38.6 Å². The Hall–Kier alpha value is -1.43. The molecule has 1 aliphatic heterocycles. The molecular formula is C15H24N4O2. The highest BCUT2D eigenvalue weighted by Gasteiger charge is 2.45. The number of likely N-dealkylation sites (tertiary alicyclic amines) is 1. The van der Waals surface area contributed by atoms with Gasteiger partial charge >= 0.3 is 5.97 Å². The second-order valence-electron chi connectivity index (χ2n) is 6.54. The molecule has 0 radical (unpaired) electrons. The smallest absolute Gasteiger partial charge is 0.310 e. The lowest BCUT2D eigenvalue weighted by Crippen LogP contribution is -2.48. The number of aryl methyl sites for hydroxylation is 1.